The van der Waals surface area contributed by atoms with E-state index >= 15 is 0 Å². The van der Waals surface area contributed by atoms with Crippen molar-refractivity contribution in [3.63, 3.8) is 0 Å². The van der Waals surface area contributed by atoms with E-state index in [1.54, 1.807) is 16.0 Å². The molecule has 0 saturated carbocycles. The first-order valence-electron chi connectivity index (χ1n) is 4.92. The Balaban J connectivity index is 2.44. The third-order valence-corrected chi connectivity index (χ3v) is 4.06. The Kier molecular flexibility index (Phi) is 3.41. The van der Waals surface area contributed by atoms with E-state index in [1.165, 1.54) is 9.75 Å². The summed E-state index contributed by atoms with van der Waals surface area (Å²) >= 11 is 5.22. The van der Waals surface area contributed by atoms with Gasteiger partial charge in [0, 0.05) is 16.8 Å². The molecule has 6 heteroatoms. The molecule has 0 radical (unpaired) electrons. The van der Waals surface area contributed by atoms with E-state index in [2.05, 4.69) is 50.6 Å². The second kappa shape index (κ2) is 4.65. The quantitative estimate of drug-likeness (QED) is 0.945. The zero-order valence-electron chi connectivity index (χ0n) is 9.36. The number of aryl methyl sites for hydroxylation is 2. The van der Waals surface area contributed by atoms with Crippen molar-refractivity contribution in [3.05, 3.63) is 32.2 Å². The van der Waals surface area contributed by atoms with E-state index in [0.717, 1.165) is 10.3 Å². The normalized spacial score (nSPS) is 13.0. The van der Waals surface area contributed by atoms with Gasteiger partial charge in [-0.05, 0) is 42.0 Å². The molecule has 0 fully saturated rings. The smallest absolute Gasteiger partial charge is 0.153 e. The van der Waals surface area contributed by atoms with Crippen LogP contribution < -0.4 is 5.32 Å². The van der Waals surface area contributed by atoms with E-state index < -0.39 is 0 Å². The Labute approximate surface area is 107 Å². The molecule has 1 atom stereocenters. The fourth-order valence-electron chi connectivity index (χ4n) is 1.67. The van der Waals surface area contributed by atoms with Gasteiger partial charge in [0.1, 0.15) is 0 Å². The first-order chi connectivity index (χ1) is 7.63. The van der Waals surface area contributed by atoms with Crippen molar-refractivity contribution in [3.8, 4) is 0 Å². The van der Waals surface area contributed by atoms with Gasteiger partial charge in [0.2, 0.25) is 0 Å². The summed E-state index contributed by atoms with van der Waals surface area (Å²) in [4.78, 5) is 2.58. The molecule has 1 N–H and O–H groups in total. The molecule has 0 aliphatic heterocycles. The van der Waals surface area contributed by atoms with Crippen molar-refractivity contribution in [1.29, 1.82) is 0 Å². The Morgan fingerprint density at radius 3 is 2.69 bits per heavy atom. The lowest BCUT2D eigenvalue weighted by Crippen LogP contribution is -2.20. The van der Waals surface area contributed by atoms with Crippen LogP contribution >= 0.6 is 27.3 Å². The molecule has 0 spiro atoms. The van der Waals surface area contributed by atoms with Crippen LogP contribution in [0.1, 0.15) is 21.5 Å². The molecule has 16 heavy (non-hydrogen) atoms. The molecule has 2 rings (SSSR count). The number of rotatable bonds is 3. The molecule has 0 bridgehead atoms. The second-order valence-corrected chi connectivity index (χ2v) is 5.63. The maximum absolute atomic E-state index is 4.01. The monoisotopic (exact) mass is 300 g/mol. The molecule has 0 aromatic carbocycles. The van der Waals surface area contributed by atoms with Gasteiger partial charge in [-0.15, -0.1) is 16.4 Å². The van der Waals surface area contributed by atoms with Gasteiger partial charge in [0.25, 0.3) is 0 Å². The molecular formula is C10H13BrN4S. The molecule has 0 amide bonds. The number of hydrogen-bond acceptors (Lipinski definition) is 4. The first-order valence-corrected chi connectivity index (χ1v) is 6.53. The van der Waals surface area contributed by atoms with Crippen LogP contribution in [-0.2, 0) is 7.05 Å². The van der Waals surface area contributed by atoms with Crippen LogP contribution in [0, 0.1) is 6.92 Å². The highest BCUT2D eigenvalue weighted by molar-refractivity contribution is 9.10. The minimum atomic E-state index is 0.132. The van der Waals surface area contributed by atoms with Crippen molar-refractivity contribution in [2.75, 3.05) is 7.05 Å². The summed E-state index contributed by atoms with van der Waals surface area (Å²) in [7, 11) is 3.84. The fraction of sp³-hybridized carbons (Fsp3) is 0.400. The summed E-state index contributed by atoms with van der Waals surface area (Å²) in [5.74, 6) is 0. The molecule has 1 unspecified atom stereocenters. The number of thiophene rings is 1. The van der Waals surface area contributed by atoms with Crippen LogP contribution in [0.15, 0.2) is 16.7 Å². The van der Waals surface area contributed by atoms with Crippen molar-refractivity contribution in [2.24, 2.45) is 7.05 Å². The third kappa shape index (κ3) is 2.05. The van der Waals surface area contributed by atoms with E-state index in [4.69, 9.17) is 0 Å². The van der Waals surface area contributed by atoms with E-state index in [0.29, 0.717) is 0 Å². The van der Waals surface area contributed by atoms with Crippen LogP contribution in [0.3, 0.4) is 0 Å². The molecule has 0 aliphatic carbocycles. The van der Waals surface area contributed by atoms with Gasteiger partial charge in [-0.2, -0.15) is 0 Å². The number of halogens is 1. The van der Waals surface area contributed by atoms with Crippen molar-refractivity contribution < 1.29 is 0 Å². The molecule has 0 saturated heterocycles. The maximum Gasteiger partial charge on any atom is 0.153 e. The Bertz CT molecular complexity index is 471. The predicted octanol–water partition coefficient (Wildman–Crippen LogP) is 2.26. The Morgan fingerprint density at radius 2 is 2.25 bits per heavy atom. The Hall–Kier alpha value is -0.720. The summed E-state index contributed by atoms with van der Waals surface area (Å²) in [6.07, 6.45) is 0. The highest BCUT2D eigenvalue weighted by atomic mass is 79.9. The summed E-state index contributed by atoms with van der Waals surface area (Å²) in [6.45, 7) is 2.11. The lowest BCUT2D eigenvalue weighted by molar-refractivity contribution is 0.603. The molecule has 2 aromatic rings. The highest BCUT2D eigenvalue weighted by Crippen LogP contribution is 2.30. The van der Waals surface area contributed by atoms with Crippen LogP contribution in [0.2, 0.25) is 0 Å². The highest BCUT2D eigenvalue weighted by Gasteiger charge is 2.21. The molecular weight excluding hydrogens is 288 g/mol. The molecule has 0 aliphatic rings. The number of aromatic nitrogens is 3. The standard InChI is InChI=1S/C10H13BrN4S/c1-6-4-5-7(16-6)8(12-2)9-10(11)13-14-15(9)3/h4-5,8,12H,1-3H3. The predicted molar refractivity (Wildman–Crippen MR) is 68.7 cm³/mol. The van der Waals surface area contributed by atoms with E-state index in [1.807, 2.05) is 14.1 Å². The summed E-state index contributed by atoms with van der Waals surface area (Å²) in [6, 6.07) is 4.40. The maximum atomic E-state index is 4.01. The Morgan fingerprint density at radius 1 is 1.50 bits per heavy atom. The lowest BCUT2D eigenvalue weighted by Gasteiger charge is -2.14. The number of nitrogens with one attached hydrogen (secondary N) is 1. The van der Waals surface area contributed by atoms with Gasteiger partial charge >= 0.3 is 0 Å². The van der Waals surface area contributed by atoms with Gasteiger partial charge in [0.05, 0.1) is 11.7 Å². The minimum Gasteiger partial charge on any atom is -0.307 e. The van der Waals surface area contributed by atoms with Crippen LogP contribution in [-0.4, -0.2) is 22.0 Å². The van der Waals surface area contributed by atoms with Gasteiger partial charge < -0.3 is 5.32 Å². The summed E-state index contributed by atoms with van der Waals surface area (Å²) in [5, 5.41) is 11.3. The molecule has 4 nitrogen and oxygen atoms in total. The second-order valence-electron chi connectivity index (χ2n) is 3.56. The van der Waals surface area contributed by atoms with Crippen LogP contribution in [0.25, 0.3) is 0 Å². The van der Waals surface area contributed by atoms with Crippen molar-refractivity contribution in [2.45, 2.75) is 13.0 Å². The number of nitrogens with zero attached hydrogens (tertiary/aromatic N) is 3. The molecule has 2 aromatic heterocycles. The zero-order chi connectivity index (χ0) is 11.7. The first kappa shape index (κ1) is 11.8. The average molecular weight is 301 g/mol. The number of hydrogen-bond donors (Lipinski definition) is 1. The van der Waals surface area contributed by atoms with E-state index in [9.17, 15) is 0 Å². The van der Waals surface area contributed by atoms with Gasteiger partial charge in [0.15, 0.2) is 4.60 Å². The van der Waals surface area contributed by atoms with Crippen LogP contribution in [0.4, 0.5) is 0 Å². The minimum absolute atomic E-state index is 0.132. The van der Waals surface area contributed by atoms with Crippen molar-refractivity contribution in [1.82, 2.24) is 20.3 Å². The van der Waals surface area contributed by atoms with Gasteiger partial charge in [-0.1, -0.05) is 5.21 Å². The third-order valence-electron chi connectivity index (χ3n) is 2.43. The summed E-state index contributed by atoms with van der Waals surface area (Å²) in [5.41, 5.74) is 1.05. The van der Waals surface area contributed by atoms with Crippen LogP contribution in [0.5, 0.6) is 0 Å². The molecule has 2 heterocycles. The SMILES string of the molecule is CNC(c1ccc(C)s1)c1c(Br)nnn1C. The molecule has 86 valence electrons. The van der Waals surface area contributed by atoms with E-state index in [-0.39, 0.29) is 6.04 Å². The van der Waals surface area contributed by atoms with Gasteiger partial charge in [-0.3, -0.25) is 0 Å². The van der Waals surface area contributed by atoms with Crippen molar-refractivity contribution >= 4 is 27.3 Å². The topological polar surface area (TPSA) is 42.7 Å². The fourth-order valence-corrected chi connectivity index (χ4v) is 3.22. The largest absolute Gasteiger partial charge is 0.307 e. The zero-order valence-corrected chi connectivity index (χ0v) is 11.8. The average Bonchev–Trinajstić information content (AvgIpc) is 2.80. The summed E-state index contributed by atoms with van der Waals surface area (Å²) < 4.78 is 2.58. The van der Waals surface area contributed by atoms with Gasteiger partial charge in [-0.25, -0.2) is 4.68 Å². The lowest BCUT2D eigenvalue weighted by atomic mass is 10.2.